The molecule has 0 aromatic heterocycles. The van der Waals surface area contributed by atoms with Gasteiger partial charge in [0, 0.05) is 0 Å². The molecule has 0 fully saturated rings. The monoisotopic (exact) mass is 332 g/mol. The van der Waals surface area contributed by atoms with Crippen LogP contribution in [0.1, 0.15) is 19.8 Å². The zero-order valence-corrected chi connectivity index (χ0v) is 13.5. The fourth-order valence-electron chi connectivity index (χ4n) is 1.80. The van der Waals surface area contributed by atoms with Gasteiger partial charge in [0.2, 0.25) is 0 Å². The Morgan fingerprint density at radius 1 is 1.56 bits per heavy atom. The molecule has 0 aliphatic carbocycles. The van der Waals surface area contributed by atoms with Crippen molar-refractivity contribution in [2.24, 2.45) is 5.92 Å². The van der Waals surface area contributed by atoms with Crippen molar-refractivity contribution < 1.29 is 14.6 Å². The van der Waals surface area contributed by atoms with E-state index in [4.69, 9.17) is 21.4 Å². The SMILES string of the molecule is CC(CC(C[AsH2])CC(=O)O)Oc1cccc(Cl)c1. The number of carboxylic acids is 1. The van der Waals surface area contributed by atoms with Crippen LogP contribution in [0.5, 0.6) is 5.75 Å². The van der Waals surface area contributed by atoms with Crippen molar-refractivity contribution in [1.82, 2.24) is 0 Å². The number of rotatable bonds is 7. The minimum atomic E-state index is -0.743. The molecule has 0 aliphatic rings. The second kappa shape index (κ2) is 7.70. The molecule has 0 saturated carbocycles. The summed E-state index contributed by atoms with van der Waals surface area (Å²) < 4.78 is 5.74. The van der Waals surface area contributed by atoms with Crippen LogP contribution < -0.4 is 4.74 Å². The molecule has 0 heterocycles. The van der Waals surface area contributed by atoms with Gasteiger partial charge < -0.3 is 0 Å². The molecule has 0 spiro atoms. The Kier molecular flexibility index (Phi) is 6.59. The van der Waals surface area contributed by atoms with Crippen LogP contribution in [0.25, 0.3) is 0 Å². The Morgan fingerprint density at radius 2 is 2.28 bits per heavy atom. The van der Waals surface area contributed by atoms with E-state index in [9.17, 15) is 4.79 Å². The van der Waals surface area contributed by atoms with Crippen molar-refractivity contribution in [3.63, 3.8) is 0 Å². The molecule has 1 aromatic carbocycles. The summed E-state index contributed by atoms with van der Waals surface area (Å²) >= 11 is 7.43. The van der Waals surface area contributed by atoms with Gasteiger partial charge in [-0.05, 0) is 0 Å². The Labute approximate surface area is 121 Å². The second-order valence-electron chi connectivity index (χ2n) is 4.32. The topological polar surface area (TPSA) is 46.5 Å². The van der Waals surface area contributed by atoms with Crippen LogP contribution in [-0.2, 0) is 4.79 Å². The van der Waals surface area contributed by atoms with Crippen molar-refractivity contribution in [1.29, 1.82) is 0 Å². The van der Waals surface area contributed by atoms with Crippen LogP contribution in [0.3, 0.4) is 0 Å². The van der Waals surface area contributed by atoms with E-state index in [1.54, 1.807) is 29.0 Å². The van der Waals surface area contributed by atoms with Gasteiger partial charge in [0.25, 0.3) is 0 Å². The Morgan fingerprint density at radius 3 is 2.83 bits per heavy atom. The second-order valence-corrected chi connectivity index (χ2v) is 5.75. The van der Waals surface area contributed by atoms with Crippen molar-refractivity contribution in [3.05, 3.63) is 29.3 Å². The number of halogens is 1. The van der Waals surface area contributed by atoms with Gasteiger partial charge in [0.1, 0.15) is 0 Å². The third-order valence-corrected chi connectivity index (χ3v) is 4.23. The molecule has 0 radical (unpaired) electrons. The quantitative estimate of drug-likeness (QED) is 0.781. The van der Waals surface area contributed by atoms with E-state index in [2.05, 4.69) is 0 Å². The van der Waals surface area contributed by atoms with Gasteiger partial charge in [0.05, 0.1) is 0 Å². The fourth-order valence-corrected chi connectivity index (χ4v) is 2.73. The molecule has 100 valence electrons. The Hall–Kier alpha value is -0.662. The molecular weight excluding hydrogens is 315 g/mol. The van der Waals surface area contributed by atoms with Crippen LogP contribution in [-0.4, -0.2) is 34.0 Å². The first-order chi connectivity index (χ1) is 8.51. The predicted octanol–water partition coefficient (Wildman–Crippen LogP) is 2.64. The first-order valence-corrected chi connectivity index (χ1v) is 7.94. The summed E-state index contributed by atoms with van der Waals surface area (Å²) in [6.07, 6.45) is 0.946. The third kappa shape index (κ3) is 5.79. The van der Waals surface area contributed by atoms with Gasteiger partial charge in [-0.1, -0.05) is 0 Å². The van der Waals surface area contributed by atoms with Crippen LogP contribution in [0.4, 0.5) is 0 Å². The fraction of sp³-hybridized carbons (Fsp3) is 0.462. The van der Waals surface area contributed by atoms with Crippen molar-refractivity contribution >= 4 is 34.4 Å². The zero-order valence-electron chi connectivity index (χ0n) is 10.3. The summed E-state index contributed by atoms with van der Waals surface area (Å²) in [5.74, 6) is 0.162. The van der Waals surface area contributed by atoms with Crippen molar-refractivity contribution in [2.75, 3.05) is 0 Å². The summed E-state index contributed by atoms with van der Waals surface area (Å²) in [4.78, 5) is 10.7. The van der Waals surface area contributed by atoms with E-state index in [1.165, 1.54) is 0 Å². The van der Waals surface area contributed by atoms with Crippen LogP contribution in [0.15, 0.2) is 24.3 Å². The van der Waals surface area contributed by atoms with Crippen molar-refractivity contribution in [3.8, 4) is 5.75 Å². The molecule has 3 unspecified atom stereocenters. The molecule has 0 saturated heterocycles. The van der Waals surface area contributed by atoms with Gasteiger partial charge in [-0.2, -0.15) is 0 Å². The average Bonchev–Trinajstić information content (AvgIpc) is 2.27. The van der Waals surface area contributed by atoms with Gasteiger partial charge in [0.15, 0.2) is 0 Å². The average molecular weight is 333 g/mol. The summed E-state index contributed by atoms with van der Waals surface area (Å²) in [5.41, 5.74) is 0. The van der Waals surface area contributed by atoms with E-state index < -0.39 is 5.97 Å². The number of hydrogen-bond acceptors (Lipinski definition) is 2. The zero-order chi connectivity index (χ0) is 13.5. The number of ether oxygens (including phenoxy) is 1. The van der Waals surface area contributed by atoms with E-state index in [0.29, 0.717) is 5.02 Å². The molecule has 0 bridgehead atoms. The first-order valence-electron chi connectivity index (χ1n) is 5.85. The van der Waals surface area contributed by atoms with E-state index in [1.807, 2.05) is 19.1 Å². The molecule has 3 atom stereocenters. The van der Waals surface area contributed by atoms with E-state index in [-0.39, 0.29) is 18.4 Å². The Balaban J connectivity index is 2.49. The summed E-state index contributed by atoms with van der Waals surface area (Å²) in [5, 5.41) is 10.3. The molecule has 1 N–H and O–H groups in total. The maximum absolute atomic E-state index is 10.7. The van der Waals surface area contributed by atoms with Gasteiger partial charge in [-0.3, -0.25) is 0 Å². The molecule has 1 aromatic rings. The third-order valence-electron chi connectivity index (χ3n) is 2.60. The molecule has 3 nitrogen and oxygen atoms in total. The van der Waals surface area contributed by atoms with Gasteiger partial charge in [-0.15, -0.1) is 0 Å². The number of hydrogen-bond donors (Lipinski definition) is 1. The van der Waals surface area contributed by atoms with Gasteiger partial charge >= 0.3 is 121 Å². The normalized spacial score (nSPS) is 13.9. The van der Waals surface area contributed by atoms with Crippen LogP contribution >= 0.6 is 11.6 Å². The molecule has 1 rings (SSSR count). The van der Waals surface area contributed by atoms with Gasteiger partial charge in [-0.25, -0.2) is 0 Å². The number of carboxylic acid groups (broad SMARTS) is 1. The maximum atomic E-state index is 10.7. The number of aliphatic carboxylic acids is 1. The summed E-state index contributed by atoms with van der Waals surface area (Å²) in [6.45, 7) is 1.96. The van der Waals surface area contributed by atoms with E-state index >= 15 is 0 Å². The molecule has 0 aliphatic heterocycles. The molecular formula is C13H18AsClO3. The summed E-state index contributed by atoms with van der Waals surface area (Å²) in [7, 11) is 0. The molecule has 5 heteroatoms. The molecule has 0 amide bonds. The Bertz CT molecular complexity index is 398. The standard InChI is InChI=1S/C13H18AsClO3/c1-9(5-10(8-14)6-13(16)17)18-12-4-2-3-11(15)7-12/h2-4,7,9-10H,5-6,8,14H2,1H3,(H,16,17). The van der Waals surface area contributed by atoms with Crippen LogP contribution in [0.2, 0.25) is 10.2 Å². The minimum absolute atomic E-state index is 0.0106. The predicted molar refractivity (Wildman–Crippen MR) is 75.3 cm³/mol. The van der Waals surface area contributed by atoms with Crippen LogP contribution in [0, 0.1) is 5.92 Å². The molecule has 18 heavy (non-hydrogen) atoms. The van der Waals surface area contributed by atoms with E-state index in [0.717, 1.165) is 17.4 Å². The summed E-state index contributed by atoms with van der Waals surface area (Å²) in [6, 6.07) is 7.24. The van der Waals surface area contributed by atoms with Crippen molar-refractivity contribution in [2.45, 2.75) is 31.1 Å². The number of benzene rings is 1. The first kappa shape index (κ1) is 15.4. The number of carbonyl (C=O) groups is 1.